The third kappa shape index (κ3) is 18.4. The number of hydrogen-bond donors (Lipinski definition) is 0. The Balaban J connectivity index is -0.00000000167. The predicted octanol–water partition coefficient (Wildman–Crippen LogP) is -4.20. The van der Waals surface area contributed by atoms with Gasteiger partial charge in [0.2, 0.25) is 0 Å². The molecule has 0 aromatic rings. The molecule has 5 heteroatoms. The van der Waals surface area contributed by atoms with Crippen LogP contribution in [0.4, 0.5) is 0 Å². The van der Waals surface area contributed by atoms with Gasteiger partial charge in [0.15, 0.2) is 0 Å². The van der Waals surface area contributed by atoms with E-state index in [1.54, 1.807) is 0 Å². The van der Waals surface area contributed by atoms with Crippen molar-refractivity contribution in [2.24, 2.45) is 0 Å². The molecule has 0 amide bonds. The van der Waals surface area contributed by atoms with E-state index in [1.165, 1.54) is 0 Å². The molecule has 0 atom stereocenters. The molecule has 0 N–H and O–H groups in total. The SMILES string of the molecule is [AlH2][Fe].[BiH3].[InH3].[MgH2]. The Kier molecular flexibility index (Phi) is 121. The molecule has 5 heavy (non-hydrogen) atoms. The first-order valence-electron chi connectivity index (χ1n) is 0.354. The molecule has 0 aromatic carbocycles. The molecule has 0 fully saturated rings. The smallest absolute Gasteiger partial charge is 0.316 e. The molecule has 0 heterocycles. The van der Waals surface area contributed by atoms with E-state index in [0.29, 0.717) is 0 Å². The van der Waals surface area contributed by atoms with E-state index in [1.807, 2.05) is 0 Å². The number of hydrogen-bond acceptors (Lipinski definition) is 0. The quantitative estimate of drug-likeness (QED) is 0.335. The molecule has 0 radical (unpaired) electrons. The minimum Gasteiger partial charge on any atom is 0.316 e. The van der Waals surface area contributed by atoms with Crippen LogP contribution in [-0.2, 0) is 14.1 Å². The summed E-state index contributed by atoms with van der Waals surface area (Å²) in [6.07, 6.45) is 0. The largest absolute Gasteiger partial charge is 0.316 e. The van der Waals surface area contributed by atoms with Gasteiger partial charge in [-0.15, -0.1) is 0 Å². The van der Waals surface area contributed by atoms with Gasteiger partial charge in [0.25, 0.3) is 0 Å². The van der Waals surface area contributed by atoms with E-state index in [0.717, 1.165) is 14.4 Å². The van der Waals surface area contributed by atoms with Gasteiger partial charge in [-0.25, -0.2) is 0 Å². The van der Waals surface area contributed by atoms with E-state index >= 15 is 0 Å². The molecule has 0 rings (SSSR count). The standard InChI is InChI=1S/Al.Bi.Fe.In.Mg.10H. The van der Waals surface area contributed by atoms with Gasteiger partial charge in [-0.2, -0.15) is 0 Å². The predicted molar refractivity (Wildman–Crippen MR) is 37.0 cm³/mol. The van der Waals surface area contributed by atoms with Crippen LogP contribution in [0.5, 0.6) is 0 Å². The first kappa shape index (κ1) is 23.5. The molecule has 0 saturated heterocycles. The molecule has 0 aromatic heterocycles. The third-order valence-corrected chi connectivity index (χ3v) is 0. The Labute approximate surface area is 101 Å². The maximum atomic E-state index is 3.39. The van der Waals surface area contributed by atoms with Crippen LogP contribution in [0.3, 0.4) is 0 Å². The first-order valence-corrected chi connectivity index (χ1v) is 4.37. The van der Waals surface area contributed by atoms with Crippen molar-refractivity contribution in [3.8, 4) is 0 Å². The molecule has 0 aliphatic rings. The summed E-state index contributed by atoms with van der Waals surface area (Å²) in [6.45, 7) is 0. The van der Waals surface area contributed by atoms with Crippen LogP contribution in [0.2, 0.25) is 0 Å². The molecular formula is H10AlBiFeInMg. The Morgan fingerprint density at radius 1 is 1.20 bits per heavy atom. The molecule has 0 spiro atoms. The zero-order valence-corrected chi connectivity index (χ0v) is 10.7. The summed E-state index contributed by atoms with van der Waals surface area (Å²) in [5.74, 6) is 0. The van der Waals surface area contributed by atoms with E-state index in [2.05, 4.69) is 14.1 Å². The Morgan fingerprint density at radius 3 is 1.20 bits per heavy atom. The first-order chi connectivity index (χ1) is 1.00. The van der Waals surface area contributed by atoms with Crippen molar-refractivity contribution >= 4 is 89.5 Å². The van der Waals surface area contributed by atoms with E-state index in [-0.39, 0.29) is 75.1 Å². The Morgan fingerprint density at radius 2 is 1.20 bits per heavy atom. The van der Waals surface area contributed by atoms with Crippen molar-refractivity contribution in [3.05, 3.63) is 0 Å². The van der Waals surface area contributed by atoms with Gasteiger partial charge < -0.3 is 0 Å². The zero-order valence-electron chi connectivity index (χ0n) is 2.06. The minimum atomic E-state index is 0. The summed E-state index contributed by atoms with van der Waals surface area (Å²) >= 11 is 4.44. The summed E-state index contributed by atoms with van der Waals surface area (Å²) in [4.78, 5) is 0. The average molecular weight is 441 g/mol. The van der Waals surface area contributed by atoms with Crippen LogP contribution < -0.4 is 0 Å². The summed E-state index contributed by atoms with van der Waals surface area (Å²) < 4.78 is 0. The van der Waals surface area contributed by atoms with E-state index < -0.39 is 0 Å². The van der Waals surface area contributed by atoms with Gasteiger partial charge >= 0.3 is 104 Å². The van der Waals surface area contributed by atoms with Crippen molar-refractivity contribution in [2.75, 3.05) is 0 Å². The van der Waals surface area contributed by atoms with Crippen molar-refractivity contribution < 1.29 is 14.1 Å². The van der Waals surface area contributed by atoms with Crippen molar-refractivity contribution in [3.63, 3.8) is 0 Å². The average Bonchev–Trinajstić information content (AvgIpc) is 1.00. The van der Waals surface area contributed by atoms with Crippen LogP contribution in [0.25, 0.3) is 0 Å². The summed E-state index contributed by atoms with van der Waals surface area (Å²) in [7, 11) is 0. The number of rotatable bonds is 0. The van der Waals surface area contributed by atoms with Crippen LogP contribution in [0.1, 0.15) is 0 Å². The van der Waals surface area contributed by atoms with Crippen LogP contribution in [0.15, 0.2) is 0 Å². The fourth-order valence-corrected chi connectivity index (χ4v) is 0. The molecule has 0 bridgehead atoms. The monoisotopic (exact) mass is 441 g/mol. The van der Waals surface area contributed by atoms with Crippen LogP contribution >= 0.6 is 0 Å². The summed E-state index contributed by atoms with van der Waals surface area (Å²) in [5, 5.41) is 0. The van der Waals surface area contributed by atoms with E-state index in [4.69, 9.17) is 0 Å². The molecule has 31 valence electrons. The molecule has 0 nitrogen and oxygen atoms in total. The molecule has 0 saturated carbocycles. The van der Waals surface area contributed by atoms with Gasteiger partial charge in [0, 0.05) is 0 Å². The van der Waals surface area contributed by atoms with Crippen LogP contribution in [0, 0.1) is 0 Å². The van der Waals surface area contributed by atoms with Gasteiger partial charge in [0.1, 0.15) is 0 Å². The maximum absolute atomic E-state index is 3.39. The summed E-state index contributed by atoms with van der Waals surface area (Å²) in [5.41, 5.74) is 0. The molecular weight excluding hydrogens is 431 g/mol. The molecule has 0 unspecified atom stereocenters. The normalized spacial score (nSPS) is 1.00. The fraction of sp³-hybridized carbons (Fsp3) is 0. The van der Waals surface area contributed by atoms with Crippen molar-refractivity contribution in [1.82, 2.24) is 0 Å². The maximum Gasteiger partial charge on any atom is 0.316 e. The van der Waals surface area contributed by atoms with Gasteiger partial charge in [-0.05, 0) is 0 Å². The topological polar surface area (TPSA) is 0 Å². The van der Waals surface area contributed by atoms with E-state index in [9.17, 15) is 0 Å². The zero-order chi connectivity index (χ0) is 2.00. The second-order valence-electron chi connectivity index (χ2n) is 0. The fourth-order valence-electron chi connectivity index (χ4n) is 0. The van der Waals surface area contributed by atoms with Crippen molar-refractivity contribution in [1.29, 1.82) is 0 Å². The van der Waals surface area contributed by atoms with Gasteiger partial charge in [-0.1, -0.05) is 0 Å². The van der Waals surface area contributed by atoms with Gasteiger partial charge in [0.05, 0.1) is 0 Å². The van der Waals surface area contributed by atoms with Gasteiger partial charge in [-0.3, -0.25) is 0 Å². The van der Waals surface area contributed by atoms with Crippen LogP contribution in [-0.4, -0.2) is 89.5 Å². The third-order valence-electron chi connectivity index (χ3n) is 0. The minimum absolute atomic E-state index is 0. The molecule has 0 aliphatic carbocycles. The Hall–Kier alpha value is 3.57. The Bertz CT molecular complexity index is 11.6. The summed E-state index contributed by atoms with van der Waals surface area (Å²) in [6, 6.07) is 0. The molecule has 0 aliphatic heterocycles. The second-order valence-corrected chi connectivity index (χ2v) is 0. The second kappa shape index (κ2) is 25.6. The van der Waals surface area contributed by atoms with Crippen molar-refractivity contribution in [2.45, 2.75) is 0 Å².